The summed E-state index contributed by atoms with van der Waals surface area (Å²) in [6.07, 6.45) is 2.24. The largest absolute Gasteiger partial charge is 0.294 e. The van der Waals surface area contributed by atoms with Crippen molar-refractivity contribution < 1.29 is 4.79 Å². The molecule has 3 aromatic rings. The molecule has 0 amide bonds. The number of thiophene rings is 1. The van der Waals surface area contributed by atoms with Gasteiger partial charge < -0.3 is 0 Å². The molecule has 0 fully saturated rings. The third-order valence-electron chi connectivity index (χ3n) is 2.84. The highest BCUT2D eigenvalue weighted by Crippen LogP contribution is 2.17. The maximum atomic E-state index is 12.1. The minimum absolute atomic E-state index is 0.156. The topological polar surface area (TPSA) is 30.0 Å². The molecule has 2 heterocycles. The Morgan fingerprint density at radius 2 is 2.11 bits per heavy atom. The highest BCUT2D eigenvalue weighted by atomic mass is 32.1. The van der Waals surface area contributed by atoms with Crippen LogP contribution in [0, 0.1) is 0 Å². The molecular weight excluding hydrogens is 242 g/mol. The van der Waals surface area contributed by atoms with Gasteiger partial charge in [0.05, 0.1) is 5.52 Å². The molecule has 0 bridgehead atoms. The molecule has 3 heteroatoms. The van der Waals surface area contributed by atoms with Crippen molar-refractivity contribution in [3.63, 3.8) is 0 Å². The van der Waals surface area contributed by atoms with Crippen molar-refractivity contribution in [2.75, 3.05) is 0 Å². The van der Waals surface area contributed by atoms with Crippen LogP contribution in [0.3, 0.4) is 0 Å². The molecule has 2 aromatic heterocycles. The molecule has 1 aromatic carbocycles. The van der Waals surface area contributed by atoms with Crippen LogP contribution < -0.4 is 0 Å². The maximum Gasteiger partial charge on any atom is 0.168 e. The van der Waals surface area contributed by atoms with E-state index in [2.05, 4.69) is 4.98 Å². The van der Waals surface area contributed by atoms with E-state index < -0.39 is 0 Å². The van der Waals surface area contributed by atoms with Crippen LogP contribution in [-0.2, 0) is 6.42 Å². The van der Waals surface area contributed by atoms with Crippen LogP contribution in [0.15, 0.2) is 54.0 Å². The lowest BCUT2D eigenvalue weighted by atomic mass is 10.0. The molecule has 0 N–H and O–H groups in total. The Labute approximate surface area is 109 Å². The lowest BCUT2D eigenvalue weighted by Crippen LogP contribution is -2.02. The Balaban J connectivity index is 1.92. The number of carbonyl (C=O) groups is 1. The van der Waals surface area contributed by atoms with E-state index in [1.54, 1.807) is 17.5 Å². The minimum atomic E-state index is 0.156. The van der Waals surface area contributed by atoms with E-state index in [9.17, 15) is 4.79 Å². The summed E-state index contributed by atoms with van der Waals surface area (Å²) in [4.78, 5) is 17.5. The van der Waals surface area contributed by atoms with Crippen molar-refractivity contribution in [3.05, 3.63) is 64.5 Å². The monoisotopic (exact) mass is 253 g/mol. The standard InChI is InChI=1S/C15H11NOS/c17-15(10-13-4-2-8-18-13)12-5-6-14-11(9-12)3-1-7-16-14/h1-9H,10H2. The first-order valence-corrected chi connectivity index (χ1v) is 6.61. The van der Waals surface area contributed by atoms with E-state index >= 15 is 0 Å². The second-order valence-electron chi connectivity index (χ2n) is 4.09. The van der Waals surface area contributed by atoms with Gasteiger partial charge in [0.25, 0.3) is 0 Å². The van der Waals surface area contributed by atoms with Crippen LogP contribution in [0.1, 0.15) is 15.2 Å². The molecule has 0 saturated carbocycles. The molecule has 0 unspecified atom stereocenters. The van der Waals surface area contributed by atoms with Crippen LogP contribution >= 0.6 is 11.3 Å². The third-order valence-corrected chi connectivity index (χ3v) is 3.72. The highest BCUT2D eigenvalue weighted by molar-refractivity contribution is 7.10. The average Bonchev–Trinajstić information content (AvgIpc) is 2.91. The fourth-order valence-electron chi connectivity index (χ4n) is 1.92. The Morgan fingerprint density at radius 1 is 1.17 bits per heavy atom. The normalized spacial score (nSPS) is 10.7. The number of carbonyl (C=O) groups excluding carboxylic acids is 1. The van der Waals surface area contributed by atoms with Gasteiger partial charge in [-0.3, -0.25) is 9.78 Å². The number of hydrogen-bond donors (Lipinski definition) is 0. The quantitative estimate of drug-likeness (QED) is 0.666. The van der Waals surface area contributed by atoms with Crippen LogP contribution in [0.5, 0.6) is 0 Å². The molecule has 0 spiro atoms. The first kappa shape index (κ1) is 11.1. The molecule has 0 radical (unpaired) electrons. The zero-order valence-electron chi connectivity index (χ0n) is 9.67. The van der Waals surface area contributed by atoms with Gasteiger partial charge in [-0.25, -0.2) is 0 Å². The van der Waals surface area contributed by atoms with Gasteiger partial charge in [0.15, 0.2) is 5.78 Å². The minimum Gasteiger partial charge on any atom is -0.294 e. The molecule has 2 nitrogen and oxygen atoms in total. The number of hydrogen-bond acceptors (Lipinski definition) is 3. The predicted octanol–water partition coefficient (Wildman–Crippen LogP) is 3.72. The van der Waals surface area contributed by atoms with Gasteiger partial charge in [-0.2, -0.15) is 0 Å². The van der Waals surface area contributed by atoms with Crippen molar-refractivity contribution in [1.82, 2.24) is 4.98 Å². The summed E-state index contributed by atoms with van der Waals surface area (Å²) in [5.41, 5.74) is 1.68. The smallest absolute Gasteiger partial charge is 0.168 e. The Hall–Kier alpha value is -2.00. The number of benzene rings is 1. The van der Waals surface area contributed by atoms with E-state index in [1.807, 2.05) is 47.8 Å². The Morgan fingerprint density at radius 3 is 2.94 bits per heavy atom. The van der Waals surface area contributed by atoms with Gasteiger partial charge in [-0.1, -0.05) is 12.1 Å². The number of aromatic nitrogens is 1. The lowest BCUT2D eigenvalue weighted by molar-refractivity contribution is 0.0994. The van der Waals surface area contributed by atoms with E-state index in [0.717, 1.165) is 21.3 Å². The summed E-state index contributed by atoms with van der Waals surface area (Å²) >= 11 is 1.62. The van der Waals surface area contributed by atoms with E-state index in [0.29, 0.717) is 6.42 Å². The summed E-state index contributed by atoms with van der Waals surface area (Å²) in [5.74, 6) is 0.156. The fourth-order valence-corrected chi connectivity index (χ4v) is 2.63. The molecule has 18 heavy (non-hydrogen) atoms. The first-order valence-electron chi connectivity index (χ1n) is 5.73. The number of nitrogens with zero attached hydrogens (tertiary/aromatic N) is 1. The van der Waals surface area contributed by atoms with E-state index in [-0.39, 0.29) is 5.78 Å². The van der Waals surface area contributed by atoms with E-state index in [1.165, 1.54) is 0 Å². The second kappa shape index (κ2) is 4.70. The SMILES string of the molecule is O=C(Cc1cccs1)c1ccc2ncccc2c1. The van der Waals surface area contributed by atoms with Gasteiger partial charge in [-0.15, -0.1) is 11.3 Å². The van der Waals surface area contributed by atoms with Crippen molar-refractivity contribution in [3.8, 4) is 0 Å². The number of fused-ring (bicyclic) bond motifs is 1. The number of pyridine rings is 1. The van der Waals surface area contributed by atoms with Gasteiger partial charge in [0.1, 0.15) is 0 Å². The molecular formula is C15H11NOS. The molecule has 0 aliphatic carbocycles. The van der Waals surface area contributed by atoms with Crippen LogP contribution in [0.4, 0.5) is 0 Å². The van der Waals surface area contributed by atoms with Crippen molar-refractivity contribution >= 4 is 28.0 Å². The summed E-state index contributed by atoms with van der Waals surface area (Å²) < 4.78 is 0. The molecule has 88 valence electrons. The van der Waals surface area contributed by atoms with Crippen molar-refractivity contribution in [2.24, 2.45) is 0 Å². The molecule has 0 saturated heterocycles. The van der Waals surface area contributed by atoms with E-state index in [4.69, 9.17) is 0 Å². The second-order valence-corrected chi connectivity index (χ2v) is 5.12. The average molecular weight is 253 g/mol. The maximum absolute atomic E-state index is 12.1. The lowest BCUT2D eigenvalue weighted by Gasteiger charge is -2.01. The predicted molar refractivity (Wildman–Crippen MR) is 74.1 cm³/mol. The summed E-state index contributed by atoms with van der Waals surface area (Å²) in [7, 11) is 0. The Kier molecular flexibility index (Phi) is 2.90. The summed E-state index contributed by atoms with van der Waals surface area (Å²) in [6, 6.07) is 13.5. The molecule has 3 rings (SSSR count). The summed E-state index contributed by atoms with van der Waals surface area (Å²) in [6.45, 7) is 0. The molecule has 0 aliphatic rings. The third kappa shape index (κ3) is 2.17. The van der Waals surface area contributed by atoms with Gasteiger partial charge >= 0.3 is 0 Å². The number of Topliss-reactive ketones (excluding diaryl/α,β-unsaturated/α-hetero) is 1. The molecule has 0 atom stereocenters. The fraction of sp³-hybridized carbons (Fsp3) is 0.0667. The van der Waals surface area contributed by atoms with Crippen LogP contribution in [0.25, 0.3) is 10.9 Å². The number of ketones is 1. The zero-order chi connectivity index (χ0) is 12.4. The van der Waals surface area contributed by atoms with Gasteiger partial charge in [0, 0.05) is 28.4 Å². The van der Waals surface area contributed by atoms with Crippen LogP contribution in [-0.4, -0.2) is 10.8 Å². The first-order chi connectivity index (χ1) is 8.83. The number of rotatable bonds is 3. The highest BCUT2D eigenvalue weighted by Gasteiger charge is 2.08. The zero-order valence-corrected chi connectivity index (χ0v) is 10.5. The van der Waals surface area contributed by atoms with Gasteiger partial charge in [0.2, 0.25) is 0 Å². The Bertz CT molecular complexity index is 689. The van der Waals surface area contributed by atoms with Crippen molar-refractivity contribution in [1.29, 1.82) is 0 Å². The molecule has 0 aliphatic heterocycles. The van der Waals surface area contributed by atoms with Crippen LogP contribution in [0.2, 0.25) is 0 Å². The van der Waals surface area contributed by atoms with Gasteiger partial charge in [-0.05, 0) is 35.7 Å². The van der Waals surface area contributed by atoms with Crippen molar-refractivity contribution in [2.45, 2.75) is 6.42 Å². The summed E-state index contributed by atoms with van der Waals surface area (Å²) in [5, 5.41) is 3.00.